The average molecular weight is 285 g/mol. The highest BCUT2D eigenvalue weighted by atomic mass is 16.5. The summed E-state index contributed by atoms with van der Waals surface area (Å²) in [5.41, 5.74) is 12.3. The van der Waals surface area contributed by atoms with Gasteiger partial charge in [0.2, 0.25) is 0 Å². The number of hydrogen-bond donors (Lipinski definition) is 3. The van der Waals surface area contributed by atoms with Gasteiger partial charge in [-0.05, 0) is 30.3 Å². The summed E-state index contributed by atoms with van der Waals surface area (Å²) in [5, 5.41) is 2.64. The van der Waals surface area contributed by atoms with E-state index in [2.05, 4.69) is 5.32 Å². The third-order valence-electron chi connectivity index (χ3n) is 2.93. The van der Waals surface area contributed by atoms with E-state index in [1.165, 1.54) is 13.2 Å². The van der Waals surface area contributed by atoms with Crippen molar-refractivity contribution in [2.75, 3.05) is 18.2 Å². The summed E-state index contributed by atoms with van der Waals surface area (Å²) in [4.78, 5) is 23.5. The number of primary amides is 1. The third-order valence-corrected chi connectivity index (χ3v) is 2.93. The van der Waals surface area contributed by atoms with E-state index in [-0.39, 0.29) is 5.56 Å². The van der Waals surface area contributed by atoms with E-state index in [4.69, 9.17) is 16.2 Å². The quantitative estimate of drug-likeness (QED) is 0.742. The van der Waals surface area contributed by atoms with Crippen LogP contribution in [0.1, 0.15) is 20.7 Å². The fourth-order valence-electron chi connectivity index (χ4n) is 1.88. The Labute approximate surface area is 121 Å². The fourth-order valence-corrected chi connectivity index (χ4v) is 1.88. The van der Waals surface area contributed by atoms with Crippen LogP contribution in [-0.2, 0) is 0 Å². The zero-order valence-electron chi connectivity index (χ0n) is 11.4. The number of carbonyl (C=O) groups is 2. The first-order valence-electron chi connectivity index (χ1n) is 6.16. The molecule has 0 bridgehead atoms. The van der Waals surface area contributed by atoms with Crippen molar-refractivity contribution < 1.29 is 14.3 Å². The van der Waals surface area contributed by atoms with Gasteiger partial charge in [-0.3, -0.25) is 9.59 Å². The van der Waals surface area contributed by atoms with Crippen LogP contribution in [0.3, 0.4) is 0 Å². The maximum atomic E-state index is 12.2. The average Bonchev–Trinajstić information content (AvgIpc) is 2.47. The van der Waals surface area contributed by atoms with Crippen LogP contribution in [0.2, 0.25) is 0 Å². The number of methoxy groups -OCH3 is 1. The molecule has 0 spiro atoms. The Hall–Kier alpha value is -3.02. The smallest absolute Gasteiger partial charge is 0.255 e. The second kappa shape index (κ2) is 5.96. The van der Waals surface area contributed by atoms with Crippen molar-refractivity contribution >= 4 is 23.2 Å². The van der Waals surface area contributed by atoms with Gasteiger partial charge in [0.05, 0.1) is 24.0 Å². The Morgan fingerprint density at radius 3 is 2.48 bits per heavy atom. The van der Waals surface area contributed by atoms with Crippen molar-refractivity contribution in [3.8, 4) is 5.75 Å². The molecule has 0 unspecified atom stereocenters. The molecule has 0 saturated heterocycles. The molecule has 0 saturated carbocycles. The highest BCUT2D eigenvalue weighted by Gasteiger charge is 2.13. The van der Waals surface area contributed by atoms with Gasteiger partial charge in [-0.1, -0.05) is 12.1 Å². The summed E-state index contributed by atoms with van der Waals surface area (Å²) in [6, 6.07) is 11.2. The van der Waals surface area contributed by atoms with Crippen LogP contribution in [0.5, 0.6) is 5.75 Å². The number of nitrogens with two attached hydrogens (primary N) is 2. The van der Waals surface area contributed by atoms with Gasteiger partial charge in [0.25, 0.3) is 11.8 Å². The van der Waals surface area contributed by atoms with Gasteiger partial charge in [0.1, 0.15) is 5.75 Å². The molecule has 5 N–H and O–H groups in total. The molecule has 21 heavy (non-hydrogen) atoms. The highest BCUT2D eigenvalue weighted by Crippen LogP contribution is 2.23. The van der Waals surface area contributed by atoms with Gasteiger partial charge in [-0.2, -0.15) is 0 Å². The van der Waals surface area contributed by atoms with Crippen LogP contribution in [0.25, 0.3) is 0 Å². The third kappa shape index (κ3) is 3.11. The van der Waals surface area contributed by atoms with Crippen molar-refractivity contribution in [2.24, 2.45) is 5.73 Å². The van der Waals surface area contributed by atoms with Crippen molar-refractivity contribution in [3.63, 3.8) is 0 Å². The van der Waals surface area contributed by atoms with Gasteiger partial charge in [0, 0.05) is 5.56 Å². The summed E-state index contributed by atoms with van der Waals surface area (Å²) in [5.74, 6) is -0.512. The minimum absolute atomic E-state index is 0.243. The van der Waals surface area contributed by atoms with Gasteiger partial charge in [0.15, 0.2) is 0 Å². The standard InChI is InChI=1S/C15H15N3O3/c1-21-13-7-6-9(8-11(13)16)15(20)18-12-5-3-2-4-10(12)14(17)19/h2-8H,16H2,1H3,(H2,17,19)(H,18,20). The summed E-state index contributed by atoms with van der Waals surface area (Å²) in [7, 11) is 1.49. The second-order valence-electron chi connectivity index (χ2n) is 4.32. The number of amides is 2. The lowest BCUT2D eigenvalue weighted by atomic mass is 10.1. The number of benzene rings is 2. The van der Waals surface area contributed by atoms with E-state index in [9.17, 15) is 9.59 Å². The van der Waals surface area contributed by atoms with Crippen molar-refractivity contribution in [3.05, 3.63) is 53.6 Å². The molecule has 6 heteroatoms. The predicted molar refractivity (Wildman–Crippen MR) is 80.3 cm³/mol. The van der Waals surface area contributed by atoms with Gasteiger partial charge in [-0.15, -0.1) is 0 Å². The van der Waals surface area contributed by atoms with E-state index in [0.717, 1.165) is 0 Å². The molecule has 2 aromatic carbocycles. The van der Waals surface area contributed by atoms with Crippen LogP contribution in [0.4, 0.5) is 11.4 Å². The monoisotopic (exact) mass is 285 g/mol. The Kier molecular flexibility index (Phi) is 4.08. The first-order chi connectivity index (χ1) is 10.0. The number of rotatable bonds is 4. The van der Waals surface area contributed by atoms with Crippen LogP contribution in [0.15, 0.2) is 42.5 Å². The van der Waals surface area contributed by atoms with Crippen molar-refractivity contribution in [1.82, 2.24) is 0 Å². The second-order valence-corrected chi connectivity index (χ2v) is 4.32. The largest absolute Gasteiger partial charge is 0.495 e. The zero-order chi connectivity index (χ0) is 15.4. The molecule has 0 heterocycles. The SMILES string of the molecule is COc1ccc(C(=O)Nc2ccccc2C(N)=O)cc1N. The van der Waals surface area contributed by atoms with Crippen LogP contribution >= 0.6 is 0 Å². The minimum Gasteiger partial charge on any atom is -0.495 e. The summed E-state index contributed by atoms with van der Waals surface area (Å²) in [6.45, 7) is 0. The van der Waals surface area contributed by atoms with E-state index < -0.39 is 11.8 Å². The number of hydrogen-bond acceptors (Lipinski definition) is 4. The van der Waals surface area contributed by atoms with E-state index in [1.54, 1.807) is 36.4 Å². The molecule has 0 radical (unpaired) electrons. The number of nitrogen functional groups attached to an aromatic ring is 1. The molecule has 108 valence electrons. The zero-order valence-corrected chi connectivity index (χ0v) is 11.4. The Morgan fingerprint density at radius 2 is 1.86 bits per heavy atom. The summed E-state index contributed by atoms with van der Waals surface area (Å²) >= 11 is 0. The molecule has 2 aromatic rings. The van der Waals surface area contributed by atoms with Crippen LogP contribution < -0.4 is 21.5 Å². The minimum atomic E-state index is -0.611. The van der Waals surface area contributed by atoms with Crippen molar-refractivity contribution in [2.45, 2.75) is 0 Å². The summed E-state index contributed by atoms with van der Waals surface area (Å²) in [6.07, 6.45) is 0. The van der Waals surface area contributed by atoms with Gasteiger partial charge >= 0.3 is 0 Å². The molecule has 6 nitrogen and oxygen atoms in total. The first kappa shape index (κ1) is 14.4. The molecule has 0 aliphatic heterocycles. The van der Waals surface area contributed by atoms with Crippen LogP contribution in [-0.4, -0.2) is 18.9 Å². The lowest BCUT2D eigenvalue weighted by Gasteiger charge is -2.10. The fraction of sp³-hybridized carbons (Fsp3) is 0.0667. The molecule has 0 aromatic heterocycles. The lowest BCUT2D eigenvalue weighted by Crippen LogP contribution is -2.18. The maximum absolute atomic E-state index is 12.2. The van der Waals surface area contributed by atoms with E-state index >= 15 is 0 Å². The number of carbonyl (C=O) groups excluding carboxylic acids is 2. The molecule has 0 aliphatic carbocycles. The predicted octanol–water partition coefficient (Wildman–Crippen LogP) is 1.63. The Bertz CT molecular complexity index is 698. The van der Waals surface area contributed by atoms with E-state index in [0.29, 0.717) is 22.7 Å². The topological polar surface area (TPSA) is 107 Å². The normalized spacial score (nSPS) is 9.95. The molecule has 0 aliphatic rings. The van der Waals surface area contributed by atoms with Crippen LogP contribution in [0, 0.1) is 0 Å². The molecule has 0 fully saturated rings. The van der Waals surface area contributed by atoms with Gasteiger partial charge < -0.3 is 21.5 Å². The number of ether oxygens (including phenoxy) is 1. The number of para-hydroxylation sites is 1. The Balaban J connectivity index is 2.26. The molecular formula is C15H15N3O3. The lowest BCUT2D eigenvalue weighted by molar-refractivity contribution is 0.100. The first-order valence-corrected chi connectivity index (χ1v) is 6.16. The van der Waals surface area contributed by atoms with Gasteiger partial charge in [-0.25, -0.2) is 0 Å². The molecular weight excluding hydrogens is 270 g/mol. The number of nitrogens with one attached hydrogen (secondary N) is 1. The number of anilines is 2. The molecule has 0 atom stereocenters. The summed E-state index contributed by atoms with van der Waals surface area (Å²) < 4.78 is 5.03. The molecule has 2 rings (SSSR count). The molecule has 2 amide bonds. The highest BCUT2D eigenvalue weighted by molar-refractivity contribution is 6.09. The maximum Gasteiger partial charge on any atom is 0.255 e. The van der Waals surface area contributed by atoms with E-state index in [1.807, 2.05) is 0 Å². The Morgan fingerprint density at radius 1 is 1.14 bits per heavy atom. The van der Waals surface area contributed by atoms with Crippen molar-refractivity contribution in [1.29, 1.82) is 0 Å².